The summed E-state index contributed by atoms with van der Waals surface area (Å²) < 4.78 is 5.58. The van der Waals surface area contributed by atoms with Crippen LogP contribution < -0.4 is 15.4 Å². The van der Waals surface area contributed by atoms with Crippen molar-refractivity contribution in [2.24, 2.45) is 0 Å². The Labute approximate surface area is 150 Å². The summed E-state index contributed by atoms with van der Waals surface area (Å²) in [5, 5.41) is 5.22. The molecule has 0 atom stereocenters. The second-order valence-corrected chi connectivity index (χ2v) is 5.59. The van der Waals surface area contributed by atoms with Gasteiger partial charge in [0, 0.05) is 18.3 Å². The molecular weight excluding hydrogens is 334 g/mol. The van der Waals surface area contributed by atoms with E-state index in [2.05, 4.69) is 10.6 Å². The molecular formula is C19H17N3O4. The number of ether oxygens (including phenoxy) is 1. The molecule has 1 fully saturated rings. The first-order valence-electron chi connectivity index (χ1n) is 7.92. The van der Waals surface area contributed by atoms with Crippen molar-refractivity contribution >= 4 is 29.6 Å². The molecule has 26 heavy (non-hydrogen) atoms. The Balaban J connectivity index is 1.69. The molecule has 1 saturated heterocycles. The fraction of sp³-hybridized carbons (Fsp3) is 0.105. The van der Waals surface area contributed by atoms with Gasteiger partial charge < -0.3 is 15.4 Å². The third-order valence-electron chi connectivity index (χ3n) is 3.72. The number of rotatable bonds is 5. The molecule has 4 amide bonds. The Morgan fingerprint density at radius 1 is 1.12 bits per heavy atom. The summed E-state index contributed by atoms with van der Waals surface area (Å²) in [6.45, 7) is -0.185. The van der Waals surface area contributed by atoms with Crippen LogP contribution in [0.1, 0.15) is 5.56 Å². The summed E-state index contributed by atoms with van der Waals surface area (Å²) >= 11 is 0. The van der Waals surface area contributed by atoms with E-state index < -0.39 is 11.9 Å². The molecule has 0 spiro atoms. The molecule has 3 rings (SSSR count). The van der Waals surface area contributed by atoms with Gasteiger partial charge in [0.05, 0.1) is 0 Å². The molecule has 0 bridgehead atoms. The molecule has 2 N–H and O–H groups in total. The number of nitrogens with zero attached hydrogens (tertiary/aromatic N) is 1. The lowest BCUT2D eigenvalue weighted by molar-refractivity contribution is -0.122. The number of hydrogen-bond donors (Lipinski definition) is 2. The van der Waals surface area contributed by atoms with Gasteiger partial charge in [0.1, 0.15) is 11.4 Å². The number of imide groups is 1. The van der Waals surface area contributed by atoms with Crippen LogP contribution in [0, 0.1) is 0 Å². The number of urea groups is 1. The first kappa shape index (κ1) is 17.2. The van der Waals surface area contributed by atoms with Gasteiger partial charge in [-0.15, -0.1) is 0 Å². The predicted molar refractivity (Wildman–Crippen MR) is 96.3 cm³/mol. The Morgan fingerprint density at radius 3 is 2.50 bits per heavy atom. The van der Waals surface area contributed by atoms with Gasteiger partial charge in [-0.25, -0.2) is 4.79 Å². The van der Waals surface area contributed by atoms with Crippen molar-refractivity contribution < 1.29 is 19.1 Å². The maximum absolute atomic E-state index is 12.0. The van der Waals surface area contributed by atoms with Crippen LogP contribution in [0.4, 0.5) is 10.5 Å². The molecule has 132 valence electrons. The van der Waals surface area contributed by atoms with E-state index in [4.69, 9.17) is 4.74 Å². The molecule has 7 nitrogen and oxygen atoms in total. The zero-order chi connectivity index (χ0) is 18.5. The van der Waals surface area contributed by atoms with Crippen LogP contribution in [0.5, 0.6) is 5.75 Å². The number of hydrogen-bond acceptors (Lipinski definition) is 4. The molecule has 7 heteroatoms. The third kappa shape index (κ3) is 3.89. The fourth-order valence-corrected chi connectivity index (χ4v) is 2.37. The molecule has 0 radical (unpaired) electrons. The molecule has 0 saturated carbocycles. The number of anilines is 1. The lowest BCUT2D eigenvalue weighted by Gasteiger charge is -2.10. The van der Waals surface area contributed by atoms with Crippen LogP contribution in [-0.4, -0.2) is 36.4 Å². The minimum absolute atomic E-state index is 0.155. The minimum atomic E-state index is -0.484. The Morgan fingerprint density at radius 2 is 1.81 bits per heavy atom. The molecule has 1 aliphatic heterocycles. The van der Waals surface area contributed by atoms with Crippen molar-refractivity contribution in [1.29, 1.82) is 0 Å². The number of likely N-dealkylation sites (N-methyl/N-ethyl adjacent to an activating group) is 1. The molecule has 2 aromatic carbocycles. The van der Waals surface area contributed by atoms with Crippen LogP contribution >= 0.6 is 0 Å². The first-order valence-corrected chi connectivity index (χ1v) is 7.92. The summed E-state index contributed by atoms with van der Waals surface area (Å²) in [5.74, 6) is -0.296. The summed E-state index contributed by atoms with van der Waals surface area (Å²) in [4.78, 5) is 36.5. The number of nitrogens with one attached hydrogen (secondary N) is 2. The lowest BCUT2D eigenvalue weighted by Crippen LogP contribution is -2.25. The first-order chi connectivity index (χ1) is 12.5. The Kier molecular flexibility index (Phi) is 4.98. The highest BCUT2D eigenvalue weighted by Gasteiger charge is 2.30. The van der Waals surface area contributed by atoms with Crippen LogP contribution in [0.3, 0.4) is 0 Å². The average molecular weight is 351 g/mol. The van der Waals surface area contributed by atoms with E-state index in [1.54, 1.807) is 36.4 Å². The summed E-state index contributed by atoms with van der Waals surface area (Å²) in [6, 6.07) is 15.5. The number of benzene rings is 2. The Bertz CT molecular complexity index is 877. The van der Waals surface area contributed by atoms with Gasteiger partial charge in [0.25, 0.3) is 11.8 Å². The number of amides is 4. The largest absolute Gasteiger partial charge is 0.483 e. The van der Waals surface area contributed by atoms with Gasteiger partial charge in [0.15, 0.2) is 6.61 Å². The molecule has 0 unspecified atom stereocenters. The van der Waals surface area contributed by atoms with Crippen molar-refractivity contribution in [3.8, 4) is 5.75 Å². The van der Waals surface area contributed by atoms with Crippen LogP contribution in [0.15, 0.2) is 60.3 Å². The topological polar surface area (TPSA) is 87.7 Å². The third-order valence-corrected chi connectivity index (χ3v) is 3.72. The van der Waals surface area contributed by atoms with Gasteiger partial charge >= 0.3 is 6.03 Å². The van der Waals surface area contributed by atoms with E-state index in [0.717, 1.165) is 4.90 Å². The summed E-state index contributed by atoms with van der Waals surface area (Å²) in [6.07, 6.45) is 1.52. The second-order valence-electron chi connectivity index (χ2n) is 5.59. The zero-order valence-electron chi connectivity index (χ0n) is 14.1. The van der Waals surface area contributed by atoms with Crippen LogP contribution in [-0.2, 0) is 9.59 Å². The fourth-order valence-electron chi connectivity index (χ4n) is 2.37. The van der Waals surface area contributed by atoms with E-state index in [1.165, 1.54) is 13.1 Å². The monoisotopic (exact) mass is 351 g/mol. The average Bonchev–Trinajstić information content (AvgIpc) is 2.89. The molecule has 2 aromatic rings. The lowest BCUT2D eigenvalue weighted by atomic mass is 10.1. The van der Waals surface area contributed by atoms with E-state index in [1.807, 2.05) is 18.2 Å². The van der Waals surface area contributed by atoms with E-state index in [9.17, 15) is 14.4 Å². The standard InChI is InChI=1S/C19H17N3O4/c1-22-18(24)15(21-19(22)25)11-13-7-5-6-10-16(13)26-12-17(23)20-14-8-3-2-4-9-14/h2-11H,12H2,1H3,(H,20,23)(H,21,25)/b15-11+. The molecule has 0 aromatic heterocycles. The highest BCUT2D eigenvalue weighted by atomic mass is 16.5. The van der Waals surface area contributed by atoms with Crippen molar-refractivity contribution in [2.45, 2.75) is 0 Å². The van der Waals surface area contributed by atoms with Gasteiger partial charge in [-0.3, -0.25) is 14.5 Å². The number of para-hydroxylation sites is 2. The van der Waals surface area contributed by atoms with Crippen molar-refractivity contribution in [1.82, 2.24) is 10.2 Å². The molecule has 0 aliphatic carbocycles. The summed E-state index contributed by atoms with van der Waals surface area (Å²) in [5.41, 5.74) is 1.42. The second kappa shape index (κ2) is 7.52. The zero-order valence-corrected chi connectivity index (χ0v) is 14.1. The van der Waals surface area contributed by atoms with E-state index in [-0.39, 0.29) is 18.2 Å². The number of carbonyl (C=O) groups excluding carboxylic acids is 3. The normalized spacial score (nSPS) is 15.1. The van der Waals surface area contributed by atoms with Gasteiger partial charge in [-0.1, -0.05) is 36.4 Å². The van der Waals surface area contributed by atoms with Crippen LogP contribution in [0.25, 0.3) is 6.08 Å². The molecule has 1 heterocycles. The highest BCUT2D eigenvalue weighted by Crippen LogP contribution is 2.22. The van der Waals surface area contributed by atoms with Crippen molar-refractivity contribution in [3.63, 3.8) is 0 Å². The van der Waals surface area contributed by atoms with Gasteiger partial charge in [-0.2, -0.15) is 0 Å². The molecule has 1 aliphatic rings. The Hall–Kier alpha value is -3.61. The van der Waals surface area contributed by atoms with Crippen LogP contribution in [0.2, 0.25) is 0 Å². The number of carbonyl (C=O) groups is 3. The predicted octanol–water partition coefficient (Wildman–Crippen LogP) is 2.23. The van der Waals surface area contributed by atoms with Crippen molar-refractivity contribution in [3.05, 3.63) is 65.9 Å². The van der Waals surface area contributed by atoms with Crippen molar-refractivity contribution in [2.75, 3.05) is 19.0 Å². The smallest absolute Gasteiger partial charge is 0.328 e. The highest BCUT2D eigenvalue weighted by molar-refractivity contribution is 6.13. The summed E-state index contributed by atoms with van der Waals surface area (Å²) in [7, 11) is 1.40. The van der Waals surface area contributed by atoms with E-state index in [0.29, 0.717) is 17.0 Å². The maximum atomic E-state index is 12.0. The van der Waals surface area contributed by atoms with Gasteiger partial charge in [-0.05, 0) is 24.3 Å². The van der Waals surface area contributed by atoms with E-state index >= 15 is 0 Å². The van der Waals surface area contributed by atoms with Gasteiger partial charge in [0.2, 0.25) is 0 Å². The maximum Gasteiger partial charge on any atom is 0.328 e. The SMILES string of the molecule is CN1C(=O)N/C(=C/c2ccccc2OCC(=O)Nc2ccccc2)C1=O. The quantitative estimate of drug-likeness (QED) is 0.639. The minimum Gasteiger partial charge on any atom is -0.483 e.